The molecule has 0 spiro atoms. The summed E-state index contributed by atoms with van der Waals surface area (Å²) in [5.41, 5.74) is 3.14. The van der Waals surface area contributed by atoms with Crippen molar-refractivity contribution < 1.29 is 18.3 Å². The zero-order chi connectivity index (χ0) is 28.5. The number of hydrogen-bond acceptors (Lipinski definition) is 4. The van der Waals surface area contributed by atoms with Crippen molar-refractivity contribution in [3.63, 3.8) is 0 Å². The molecule has 0 aliphatic carbocycles. The van der Waals surface area contributed by atoms with Gasteiger partial charge in [-0.1, -0.05) is 121 Å². The van der Waals surface area contributed by atoms with Crippen LogP contribution in [-0.2, 0) is 19.6 Å². The average molecular weight is 580 g/mol. The molecule has 1 aliphatic rings. The molecule has 5 aromatic carbocycles. The molecule has 1 fully saturated rings. The lowest BCUT2D eigenvalue weighted by molar-refractivity contribution is -0.140. The largest absolute Gasteiger partial charge is 0.480 e. The van der Waals surface area contributed by atoms with Crippen molar-refractivity contribution >= 4 is 38.5 Å². The highest BCUT2D eigenvalue weighted by Crippen LogP contribution is 2.52. The van der Waals surface area contributed by atoms with Gasteiger partial charge in [-0.2, -0.15) is 4.31 Å². The van der Waals surface area contributed by atoms with Crippen LogP contribution in [0.5, 0.6) is 0 Å². The molecular formula is C34H29NO4S2. The molecule has 0 unspecified atom stereocenters. The molecule has 206 valence electrons. The Hall–Kier alpha value is -3.91. The van der Waals surface area contributed by atoms with Gasteiger partial charge in [-0.15, -0.1) is 11.8 Å². The van der Waals surface area contributed by atoms with Gasteiger partial charge in [0, 0.05) is 11.8 Å². The fourth-order valence-electron chi connectivity index (χ4n) is 5.78. The van der Waals surface area contributed by atoms with Crippen LogP contribution in [0.3, 0.4) is 0 Å². The van der Waals surface area contributed by atoms with Crippen molar-refractivity contribution in [2.45, 2.75) is 27.4 Å². The van der Waals surface area contributed by atoms with Gasteiger partial charge in [0.2, 0.25) is 10.0 Å². The summed E-state index contributed by atoms with van der Waals surface area (Å²) in [4.78, 5) is 12.6. The molecule has 1 heterocycles. The van der Waals surface area contributed by atoms with Gasteiger partial charge in [-0.3, -0.25) is 4.79 Å². The van der Waals surface area contributed by atoms with Crippen LogP contribution in [0.1, 0.15) is 23.1 Å². The maximum atomic E-state index is 14.0. The Morgan fingerprint density at radius 1 is 0.707 bits per heavy atom. The number of carboxylic acid groups (broad SMARTS) is 1. The number of thioether (sulfide) groups is 1. The van der Waals surface area contributed by atoms with Gasteiger partial charge in [0.25, 0.3) is 0 Å². The number of carboxylic acids is 1. The fraction of sp³-hybridized carbons (Fsp3) is 0.147. The first kappa shape index (κ1) is 27.3. The summed E-state index contributed by atoms with van der Waals surface area (Å²) in [5.74, 6) is -1.14. The van der Waals surface area contributed by atoms with Crippen LogP contribution in [-0.4, -0.2) is 41.6 Å². The van der Waals surface area contributed by atoms with Crippen LogP contribution < -0.4 is 0 Å². The number of hydrogen-bond donors (Lipinski definition) is 1. The van der Waals surface area contributed by atoms with Gasteiger partial charge in [-0.05, 0) is 46.0 Å². The van der Waals surface area contributed by atoms with E-state index in [-0.39, 0.29) is 23.1 Å². The molecule has 0 bridgehead atoms. The predicted octanol–water partition coefficient (Wildman–Crippen LogP) is 6.78. The molecule has 7 heteroatoms. The minimum atomic E-state index is -4.07. The van der Waals surface area contributed by atoms with E-state index in [0.29, 0.717) is 0 Å². The van der Waals surface area contributed by atoms with E-state index in [2.05, 4.69) is 36.4 Å². The van der Waals surface area contributed by atoms with E-state index in [1.165, 1.54) is 4.31 Å². The standard InChI is InChI=1S/C34H29NO4S2/c36-33(37)32-23-30(24-35(32)41(38,39)31-21-20-25-12-10-11-13-26(25)22-31)40-34(27-14-4-1-5-15-27,28-16-6-2-7-17-28)29-18-8-3-9-19-29/h1-22,30,32H,23-24H2,(H,36,37)/t30-,32+/m1/s1. The number of fused-ring (bicyclic) bond motifs is 1. The lowest BCUT2D eigenvalue weighted by Gasteiger charge is -2.37. The quantitative estimate of drug-likeness (QED) is 0.205. The van der Waals surface area contributed by atoms with Gasteiger partial charge in [-0.25, -0.2) is 8.42 Å². The predicted molar refractivity (Wildman–Crippen MR) is 164 cm³/mol. The Balaban J connectivity index is 1.43. The lowest BCUT2D eigenvalue weighted by Crippen LogP contribution is -2.40. The fourth-order valence-corrected chi connectivity index (χ4v) is 9.38. The highest BCUT2D eigenvalue weighted by Gasteiger charge is 2.48. The van der Waals surface area contributed by atoms with Crippen molar-refractivity contribution in [2.75, 3.05) is 6.54 Å². The first-order valence-corrected chi connectivity index (χ1v) is 15.8. The van der Waals surface area contributed by atoms with E-state index >= 15 is 0 Å². The second-order valence-electron chi connectivity index (χ2n) is 10.2. The molecule has 41 heavy (non-hydrogen) atoms. The number of sulfonamides is 1. The molecule has 1 saturated heterocycles. The first-order valence-electron chi connectivity index (χ1n) is 13.5. The number of nitrogens with zero attached hydrogens (tertiary/aromatic N) is 1. The molecule has 5 nitrogen and oxygen atoms in total. The molecule has 0 amide bonds. The topological polar surface area (TPSA) is 74.7 Å². The molecule has 0 radical (unpaired) electrons. The van der Waals surface area contributed by atoms with Gasteiger partial charge in [0.1, 0.15) is 6.04 Å². The van der Waals surface area contributed by atoms with Gasteiger partial charge in [0.15, 0.2) is 0 Å². The van der Waals surface area contributed by atoms with Crippen LogP contribution in [0.2, 0.25) is 0 Å². The van der Waals surface area contributed by atoms with Crippen LogP contribution >= 0.6 is 11.8 Å². The number of benzene rings is 5. The van der Waals surface area contributed by atoms with Crippen molar-refractivity contribution in [1.82, 2.24) is 4.31 Å². The van der Waals surface area contributed by atoms with Gasteiger partial charge in [0.05, 0.1) is 9.64 Å². The number of carbonyl (C=O) groups is 1. The van der Waals surface area contributed by atoms with E-state index in [0.717, 1.165) is 27.5 Å². The zero-order valence-electron chi connectivity index (χ0n) is 22.2. The van der Waals surface area contributed by atoms with Crippen LogP contribution in [0.15, 0.2) is 138 Å². The summed E-state index contributed by atoms with van der Waals surface area (Å²) in [5, 5.41) is 11.7. The summed E-state index contributed by atoms with van der Waals surface area (Å²) >= 11 is 1.63. The monoisotopic (exact) mass is 579 g/mol. The molecule has 0 saturated carbocycles. The van der Waals surface area contributed by atoms with Crippen molar-refractivity contribution in [2.24, 2.45) is 0 Å². The Labute approximate surface area is 244 Å². The summed E-state index contributed by atoms with van der Waals surface area (Å²) in [7, 11) is -4.07. The molecule has 1 N–H and O–H groups in total. The normalized spacial score (nSPS) is 18.0. The van der Waals surface area contributed by atoms with E-state index in [9.17, 15) is 18.3 Å². The smallest absolute Gasteiger partial charge is 0.322 e. The third-order valence-corrected chi connectivity index (χ3v) is 11.3. The molecule has 5 aromatic rings. The van der Waals surface area contributed by atoms with Gasteiger partial charge >= 0.3 is 5.97 Å². The first-order chi connectivity index (χ1) is 19.9. The Kier molecular flexibility index (Phi) is 7.43. The lowest BCUT2D eigenvalue weighted by atomic mass is 9.84. The second-order valence-corrected chi connectivity index (χ2v) is 13.6. The van der Waals surface area contributed by atoms with E-state index in [1.807, 2.05) is 78.9 Å². The Morgan fingerprint density at radius 2 is 1.20 bits per heavy atom. The summed E-state index contributed by atoms with van der Waals surface area (Å²) in [6.45, 7) is 0.0883. The van der Waals surface area contributed by atoms with E-state index < -0.39 is 26.8 Å². The zero-order valence-corrected chi connectivity index (χ0v) is 23.8. The average Bonchev–Trinajstić information content (AvgIpc) is 3.46. The summed E-state index contributed by atoms with van der Waals surface area (Å²) in [6, 6.07) is 41.8. The Morgan fingerprint density at radius 3 is 1.71 bits per heavy atom. The third-order valence-electron chi connectivity index (χ3n) is 7.71. The Bertz CT molecular complexity index is 1680. The van der Waals surface area contributed by atoms with E-state index in [1.54, 1.807) is 30.0 Å². The molecule has 1 aliphatic heterocycles. The van der Waals surface area contributed by atoms with Crippen LogP contribution in [0.4, 0.5) is 0 Å². The summed E-state index contributed by atoms with van der Waals surface area (Å²) in [6.07, 6.45) is 0.195. The molecule has 6 rings (SSSR count). The molecule has 0 aromatic heterocycles. The number of rotatable bonds is 8. The minimum Gasteiger partial charge on any atom is -0.480 e. The van der Waals surface area contributed by atoms with E-state index in [4.69, 9.17) is 0 Å². The highest BCUT2D eigenvalue weighted by molar-refractivity contribution is 8.01. The summed E-state index contributed by atoms with van der Waals surface area (Å²) < 4.78 is 28.4. The second kappa shape index (κ2) is 11.2. The minimum absolute atomic E-state index is 0.0883. The third kappa shape index (κ3) is 5.05. The molecule has 2 atom stereocenters. The maximum Gasteiger partial charge on any atom is 0.322 e. The van der Waals surface area contributed by atoms with Crippen molar-refractivity contribution in [3.8, 4) is 0 Å². The number of aliphatic carboxylic acids is 1. The molecular weight excluding hydrogens is 551 g/mol. The SMILES string of the molecule is O=C(O)[C@@H]1C[C@@H](SC(c2ccccc2)(c2ccccc2)c2ccccc2)CN1S(=O)(=O)c1ccc2ccccc2c1. The maximum absolute atomic E-state index is 14.0. The van der Waals surface area contributed by atoms with Gasteiger partial charge < -0.3 is 5.11 Å². The van der Waals surface area contributed by atoms with Crippen molar-refractivity contribution in [1.29, 1.82) is 0 Å². The van der Waals surface area contributed by atoms with Crippen LogP contribution in [0, 0.1) is 0 Å². The highest BCUT2D eigenvalue weighted by atomic mass is 32.2. The van der Waals surface area contributed by atoms with Crippen LogP contribution in [0.25, 0.3) is 10.8 Å². The van der Waals surface area contributed by atoms with Crippen molar-refractivity contribution in [3.05, 3.63) is 150 Å².